The number of H-pyrrole nitrogens is 1. The van der Waals surface area contributed by atoms with E-state index < -0.39 is 0 Å². The number of aromatic amines is 1. The number of fused-ring (bicyclic) bond motifs is 1. The molecule has 3 aromatic rings. The molecule has 1 aromatic heterocycles. The first-order valence-electron chi connectivity index (χ1n) is 10.0. The number of halogens is 1. The molecule has 2 aromatic carbocycles. The molecule has 2 N–H and O–H groups in total. The number of nitrogens with one attached hydrogen (secondary N) is 2. The van der Waals surface area contributed by atoms with Crippen molar-refractivity contribution in [3.05, 3.63) is 69.5 Å². The van der Waals surface area contributed by atoms with Crippen molar-refractivity contribution < 1.29 is 9.53 Å². The Labute approximate surface area is 186 Å². The Morgan fingerprint density at radius 2 is 1.84 bits per heavy atom. The smallest absolute Gasteiger partial charge is 0.322 e. The number of nitrogens with zero attached hydrogens (tertiary/aromatic N) is 2. The average Bonchev–Trinajstić information content (AvgIpc) is 2.74. The van der Waals surface area contributed by atoms with Crippen LogP contribution in [-0.2, 0) is 6.54 Å². The van der Waals surface area contributed by atoms with E-state index in [9.17, 15) is 9.59 Å². The molecule has 0 aliphatic carbocycles. The van der Waals surface area contributed by atoms with Gasteiger partial charge in [-0.3, -0.25) is 4.79 Å². The molecule has 8 heteroatoms. The lowest BCUT2D eigenvalue weighted by Crippen LogP contribution is -2.37. The maximum atomic E-state index is 13.0. The molecule has 0 spiro atoms. The molecule has 0 fully saturated rings. The van der Waals surface area contributed by atoms with E-state index >= 15 is 0 Å². The first kappa shape index (κ1) is 22.7. The average molecular weight is 443 g/mol. The monoisotopic (exact) mass is 442 g/mol. The number of amides is 2. The molecule has 3 rings (SSSR count). The van der Waals surface area contributed by atoms with Crippen LogP contribution < -0.4 is 15.6 Å². The highest BCUT2D eigenvalue weighted by Crippen LogP contribution is 2.19. The van der Waals surface area contributed by atoms with Gasteiger partial charge >= 0.3 is 6.03 Å². The quantitative estimate of drug-likeness (QED) is 0.548. The summed E-state index contributed by atoms with van der Waals surface area (Å²) in [5, 5.41) is 4.36. The molecule has 0 bridgehead atoms. The SMILES string of the molecule is COc1ccc2cc(CN(CCCN(C)C)C(=O)Nc3ccc(Cl)cc3)c(=O)[nH]c2c1. The molecule has 31 heavy (non-hydrogen) atoms. The van der Waals surface area contributed by atoms with Gasteiger partial charge in [-0.25, -0.2) is 4.79 Å². The largest absolute Gasteiger partial charge is 0.497 e. The summed E-state index contributed by atoms with van der Waals surface area (Å²) in [5.41, 5.74) is 1.64. The number of benzene rings is 2. The molecular weight excluding hydrogens is 416 g/mol. The Balaban J connectivity index is 1.82. The molecule has 0 aliphatic heterocycles. The number of pyridine rings is 1. The van der Waals surface area contributed by atoms with E-state index in [-0.39, 0.29) is 18.1 Å². The normalized spacial score (nSPS) is 11.0. The zero-order chi connectivity index (χ0) is 22.4. The highest BCUT2D eigenvalue weighted by atomic mass is 35.5. The van der Waals surface area contributed by atoms with E-state index in [1.54, 1.807) is 42.3 Å². The van der Waals surface area contributed by atoms with Gasteiger partial charge in [-0.2, -0.15) is 0 Å². The van der Waals surface area contributed by atoms with Crippen LogP contribution in [-0.4, -0.2) is 55.1 Å². The van der Waals surface area contributed by atoms with Crippen LogP contribution in [0.25, 0.3) is 10.9 Å². The number of aromatic nitrogens is 1. The standard InChI is InChI=1S/C23H27ClN4O3/c1-27(2)11-4-12-28(23(30)25-19-8-6-18(24)7-9-19)15-17-13-16-5-10-20(31-3)14-21(16)26-22(17)29/h5-10,13-14H,4,11-12,15H2,1-3H3,(H,25,30)(H,26,29). The lowest BCUT2D eigenvalue weighted by Gasteiger charge is -2.24. The van der Waals surface area contributed by atoms with Crippen molar-refractivity contribution >= 4 is 34.2 Å². The second-order valence-electron chi connectivity index (χ2n) is 7.59. The molecule has 1 heterocycles. The van der Waals surface area contributed by atoms with Crippen molar-refractivity contribution in [2.24, 2.45) is 0 Å². The lowest BCUT2D eigenvalue weighted by molar-refractivity contribution is 0.205. The first-order valence-corrected chi connectivity index (χ1v) is 10.4. The summed E-state index contributed by atoms with van der Waals surface area (Å²) in [6, 6.07) is 14.0. The molecule has 164 valence electrons. The van der Waals surface area contributed by atoms with Crippen molar-refractivity contribution in [1.82, 2.24) is 14.8 Å². The minimum Gasteiger partial charge on any atom is -0.497 e. The highest BCUT2D eigenvalue weighted by molar-refractivity contribution is 6.30. The number of methoxy groups -OCH3 is 1. The third kappa shape index (κ3) is 6.23. The van der Waals surface area contributed by atoms with Crippen LogP contribution in [0.15, 0.2) is 53.3 Å². The third-order valence-electron chi connectivity index (χ3n) is 4.91. The van der Waals surface area contributed by atoms with Gasteiger partial charge in [0.25, 0.3) is 5.56 Å². The Morgan fingerprint density at radius 3 is 2.52 bits per heavy atom. The zero-order valence-corrected chi connectivity index (χ0v) is 18.7. The van der Waals surface area contributed by atoms with Crippen LogP contribution in [0.3, 0.4) is 0 Å². The Hall–Kier alpha value is -3.03. The van der Waals surface area contributed by atoms with Crippen molar-refractivity contribution in [3.8, 4) is 5.75 Å². The highest BCUT2D eigenvalue weighted by Gasteiger charge is 2.17. The van der Waals surface area contributed by atoms with Gasteiger partial charge in [0.2, 0.25) is 0 Å². The Kier molecular flexibility index (Phi) is 7.55. The van der Waals surface area contributed by atoms with E-state index in [2.05, 4.69) is 15.2 Å². The van der Waals surface area contributed by atoms with E-state index in [1.165, 1.54) is 0 Å². The predicted molar refractivity (Wildman–Crippen MR) is 125 cm³/mol. The number of hydrogen-bond donors (Lipinski definition) is 2. The molecular formula is C23H27ClN4O3. The van der Waals surface area contributed by atoms with Crippen molar-refractivity contribution in [3.63, 3.8) is 0 Å². The fourth-order valence-corrected chi connectivity index (χ4v) is 3.37. The number of ether oxygens (including phenoxy) is 1. The van der Waals surface area contributed by atoms with Gasteiger partial charge in [0.1, 0.15) is 5.75 Å². The lowest BCUT2D eigenvalue weighted by atomic mass is 10.1. The van der Waals surface area contributed by atoms with Crippen LogP contribution in [0.2, 0.25) is 5.02 Å². The number of rotatable bonds is 8. The van der Waals surface area contributed by atoms with Crippen LogP contribution in [0.4, 0.5) is 10.5 Å². The van der Waals surface area contributed by atoms with Gasteiger partial charge < -0.3 is 24.8 Å². The summed E-state index contributed by atoms with van der Waals surface area (Å²) in [7, 11) is 5.55. The van der Waals surface area contributed by atoms with Crippen LogP contribution in [0, 0.1) is 0 Å². The van der Waals surface area contributed by atoms with Gasteiger partial charge in [0.05, 0.1) is 19.2 Å². The van der Waals surface area contributed by atoms with Crippen LogP contribution in [0.5, 0.6) is 5.75 Å². The fourth-order valence-electron chi connectivity index (χ4n) is 3.24. The molecule has 0 unspecified atom stereocenters. The van der Waals surface area contributed by atoms with E-state index in [0.29, 0.717) is 34.1 Å². The van der Waals surface area contributed by atoms with Gasteiger partial charge in [0.15, 0.2) is 0 Å². The summed E-state index contributed by atoms with van der Waals surface area (Å²) < 4.78 is 5.22. The van der Waals surface area contributed by atoms with Gasteiger partial charge in [-0.05, 0) is 74.9 Å². The molecule has 0 radical (unpaired) electrons. The molecule has 0 aliphatic rings. The number of carbonyl (C=O) groups is 1. The van der Waals surface area contributed by atoms with E-state index in [4.69, 9.17) is 16.3 Å². The van der Waals surface area contributed by atoms with Crippen molar-refractivity contribution in [1.29, 1.82) is 0 Å². The maximum Gasteiger partial charge on any atom is 0.322 e. The minimum atomic E-state index is -0.268. The second-order valence-corrected chi connectivity index (χ2v) is 8.03. The van der Waals surface area contributed by atoms with Crippen molar-refractivity contribution in [2.45, 2.75) is 13.0 Å². The van der Waals surface area contributed by atoms with E-state index in [0.717, 1.165) is 18.4 Å². The summed E-state index contributed by atoms with van der Waals surface area (Å²) in [5.74, 6) is 0.670. The number of urea groups is 1. The van der Waals surface area contributed by atoms with Gasteiger partial charge in [-0.1, -0.05) is 11.6 Å². The molecule has 0 saturated carbocycles. The first-order chi connectivity index (χ1) is 14.9. The molecule has 2 amide bonds. The van der Waals surface area contributed by atoms with Gasteiger partial charge in [0, 0.05) is 28.9 Å². The minimum absolute atomic E-state index is 0.199. The number of carbonyl (C=O) groups excluding carboxylic acids is 1. The summed E-state index contributed by atoms with van der Waals surface area (Å²) in [6.45, 7) is 1.54. The Bertz CT molecular complexity index is 1100. The predicted octanol–water partition coefficient (Wildman–Crippen LogP) is 4.18. The van der Waals surface area contributed by atoms with E-state index in [1.807, 2.05) is 32.3 Å². The topological polar surface area (TPSA) is 77.7 Å². The Morgan fingerprint density at radius 1 is 1.10 bits per heavy atom. The molecule has 7 nitrogen and oxygen atoms in total. The van der Waals surface area contributed by atoms with Crippen molar-refractivity contribution in [2.75, 3.05) is 39.6 Å². The molecule has 0 saturated heterocycles. The van der Waals surface area contributed by atoms with Gasteiger partial charge in [-0.15, -0.1) is 0 Å². The summed E-state index contributed by atoms with van der Waals surface area (Å²) in [4.78, 5) is 32.3. The third-order valence-corrected chi connectivity index (χ3v) is 5.16. The second kappa shape index (κ2) is 10.3. The molecule has 0 atom stereocenters. The van der Waals surface area contributed by atoms with Crippen LogP contribution in [0.1, 0.15) is 12.0 Å². The van der Waals surface area contributed by atoms with Crippen LogP contribution >= 0.6 is 11.6 Å². The maximum absolute atomic E-state index is 13.0. The summed E-state index contributed by atoms with van der Waals surface area (Å²) >= 11 is 5.93. The summed E-state index contributed by atoms with van der Waals surface area (Å²) in [6.07, 6.45) is 0.781. The zero-order valence-electron chi connectivity index (χ0n) is 17.9. The number of hydrogen-bond acceptors (Lipinski definition) is 4. The fraction of sp³-hybridized carbons (Fsp3) is 0.304. The number of anilines is 1.